The van der Waals surface area contributed by atoms with Crippen molar-refractivity contribution < 1.29 is 9.59 Å². The Bertz CT molecular complexity index is 295. The van der Waals surface area contributed by atoms with Gasteiger partial charge >= 0.3 is 0 Å². The van der Waals surface area contributed by atoms with Crippen molar-refractivity contribution in [2.24, 2.45) is 5.73 Å². The Morgan fingerprint density at radius 2 is 1.65 bits per heavy atom. The molecule has 0 rings (SSSR count). The second kappa shape index (κ2) is 10.6. The minimum absolute atomic E-state index is 0.0717. The molecule has 0 aromatic carbocycles. The molecule has 2 N–H and O–H groups in total. The van der Waals surface area contributed by atoms with Gasteiger partial charge < -0.3 is 15.5 Å². The number of nitrogens with two attached hydrogens (primary N) is 1. The van der Waals surface area contributed by atoms with Crippen molar-refractivity contribution in [3.63, 3.8) is 0 Å². The van der Waals surface area contributed by atoms with E-state index in [9.17, 15) is 9.59 Å². The van der Waals surface area contributed by atoms with Crippen molar-refractivity contribution in [2.75, 3.05) is 53.9 Å². The van der Waals surface area contributed by atoms with Crippen LogP contribution in [0.1, 0.15) is 26.2 Å². The van der Waals surface area contributed by atoms with Crippen molar-refractivity contribution in [1.29, 1.82) is 0 Å². The van der Waals surface area contributed by atoms with Gasteiger partial charge in [-0.25, -0.2) is 0 Å². The molecule has 118 valence electrons. The first kappa shape index (κ1) is 18.9. The average Bonchev–Trinajstić information content (AvgIpc) is 2.41. The Kier molecular flexibility index (Phi) is 10.0. The first-order chi connectivity index (χ1) is 9.42. The van der Waals surface area contributed by atoms with E-state index in [1.54, 1.807) is 30.9 Å². The van der Waals surface area contributed by atoms with E-state index in [2.05, 4.69) is 6.92 Å². The number of carbonyl (C=O) groups excluding carboxylic acids is 2. The Labute approximate surface area is 122 Å². The molecule has 0 bridgehead atoms. The number of carbonyl (C=O) groups is 2. The highest BCUT2D eigenvalue weighted by Gasteiger charge is 2.14. The third-order valence-electron chi connectivity index (χ3n) is 3.16. The second-order valence-electron chi connectivity index (χ2n) is 5.27. The molecule has 0 heterocycles. The molecule has 2 amide bonds. The maximum Gasteiger partial charge on any atom is 0.236 e. The lowest BCUT2D eigenvalue weighted by molar-refractivity contribution is -0.132. The molecule has 20 heavy (non-hydrogen) atoms. The monoisotopic (exact) mass is 286 g/mol. The predicted molar refractivity (Wildman–Crippen MR) is 81.4 cm³/mol. The zero-order chi connectivity index (χ0) is 15.5. The van der Waals surface area contributed by atoms with Crippen LogP contribution in [0.5, 0.6) is 0 Å². The summed E-state index contributed by atoms with van der Waals surface area (Å²) in [5.74, 6) is 0.180. The molecule has 0 aromatic rings. The van der Waals surface area contributed by atoms with Crippen LogP contribution in [0.15, 0.2) is 0 Å². The Balaban J connectivity index is 4.19. The van der Waals surface area contributed by atoms with Crippen LogP contribution in [0.2, 0.25) is 0 Å². The minimum atomic E-state index is 0.0717. The van der Waals surface area contributed by atoms with Crippen LogP contribution in [-0.4, -0.2) is 80.4 Å². The van der Waals surface area contributed by atoms with Crippen LogP contribution in [0.3, 0.4) is 0 Å². The first-order valence-electron chi connectivity index (χ1n) is 7.28. The zero-order valence-corrected chi connectivity index (χ0v) is 13.4. The van der Waals surface area contributed by atoms with Crippen LogP contribution in [0.4, 0.5) is 0 Å². The summed E-state index contributed by atoms with van der Waals surface area (Å²) in [4.78, 5) is 29.0. The molecule has 0 spiro atoms. The predicted octanol–water partition coefficient (Wildman–Crippen LogP) is -0.0161. The summed E-state index contributed by atoms with van der Waals surface area (Å²) in [6.45, 7) is 5.19. The van der Waals surface area contributed by atoms with E-state index in [-0.39, 0.29) is 11.8 Å². The summed E-state index contributed by atoms with van der Waals surface area (Å²) < 4.78 is 0. The highest BCUT2D eigenvalue weighted by atomic mass is 16.2. The number of nitrogens with zero attached hydrogens (tertiary/aromatic N) is 3. The normalized spacial score (nSPS) is 10.7. The Morgan fingerprint density at radius 3 is 2.15 bits per heavy atom. The first-order valence-corrected chi connectivity index (χ1v) is 7.28. The molecule has 6 heteroatoms. The molecule has 0 atom stereocenters. The molecule has 0 aliphatic carbocycles. The smallest absolute Gasteiger partial charge is 0.236 e. The van der Waals surface area contributed by atoms with Crippen LogP contribution >= 0.6 is 0 Å². The molecule has 0 fully saturated rings. The number of amides is 2. The fourth-order valence-electron chi connectivity index (χ4n) is 1.82. The summed E-state index contributed by atoms with van der Waals surface area (Å²) in [5.41, 5.74) is 5.43. The van der Waals surface area contributed by atoms with E-state index in [1.165, 1.54) is 0 Å². The van der Waals surface area contributed by atoms with Crippen molar-refractivity contribution in [1.82, 2.24) is 14.7 Å². The van der Waals surface area contributed by atoms with Crippen molar-refractivity contribution in [3.8, 4) is 0 Å². The average molecular weight is 286 g/mol. The SMILES string of the molecule is CCCN(CCC(=O)N(C)CCCN)CC(=O)N(C)C. The van der Waals surface area contributed by atoms with Crippen LogP contribution in [0.25, 0.3) is 0 Å². The summed E-state index contributed by atoms with van der Waals surface area (Å²) in [7, 11) is 5.30. The standard InChI is InChI=1S/C14H30N4O2/c1-5-9-18(12-14(20)16(2)3)11-7-13(19)17(4)10-6-8-15/h5-12,15H2,1-4H3. The van der Waals surface area contributed by atoms with E-state index >= 15 is 0 Å². The summed E-state index contributed by atoms with van der Waals surface area (Å²) >= 11 is 0. The zero-order valence-electron chi connectivity index (χ0n) is 13.4. The molecule has 0 radical (unpaired) electrons. The quantitative estimate of drug-likeness (QED) is 0.613. The molecule has 0 aliphatic rings. The summed E-state index contributed by atoms with van der Waals surface area (Å²) in [5, 5.41) is 0. The Hall–Kier alpha value is -1.14. The summed E-state index contributed by atoms with van der Waals surface area (Å²) in [6, 6.07) is 0. The maximum absolute atomic E-state index is 11.9. The largest absolute Gasteiger partial charge is 0.348 e. The van der Waals surface area contributed by atoms with Gasteiger partial charge in [-0.15, -0.1) is 0 Å². The van der Waals surface area contributed by atoms with Gasteiger partial charge in [-0.3, -0.25) is 14.5 Å². The van der Waals surface area contributed by atoms with E-state index in [4.69, 9.17) is 5.73 Å². The molecular weight excluding hydrogens is 256 g/mol. The molecule has 0 saturated carbocycles. The van der Waals surface area contributed by atoms with Crippen molar-refractivity contribution >= 4 is 11.8 Å². The third kappa shape index (κ3) is 8.12. The van der Waals surface area contributed by atoms with Crippen LogP contribution in [-0.2, 0) is 9.59 Å². The number of rotatable bonds is 10. The van der Waals surface area contributed by atoms with E-state index < -0.39 is 0 Å². The summed E-state index contributed by atoms with van der Waals surface area (Å²) in [6.07, 6.45) is 2.24. The van der Waals surface area contributed by atoms with Gasteiger partial charge in [-0.2, -0.15) is 0 Å². The number of likely N-dealkylation sites (N-methyl/N-ethyl adjacent to an activating group) is 1. The van der Waals surface area contributed by atoms with Gasteiger partial charge in [0.2, 0.25) is 11.8 Å². The van der Waals surface area contributed by atoms with E-state index in [0.717, 1.165) is 19.4 Å². The molecule has 6 nitrogen and oxygen atoms in total. The fraction of sp³-hybridized carbons (Fsp3) is 0.857. The number of hydrogen-bond donors (Lipinski definition) is 1. The lowest BCUT2D eigenvalue weighted by atomic mass is 10.3. The maximum atomic E-state index is 11.9. The minimum Gasteiger partial charge on any atom is -0.348 e. The molecule has 0 aliphatic heterocycles. The lowest BCUT2D eigenvalue weighted by Crippen LogP contribution is -2.39. The Morgan fingerprint density at radius 1 is 1.00 bits per heavy atom. The van der Waals surface area contributed by atoms with E-state index in [1.807, 2.05) is 4.90 Å². The topological polar surface area (TPSA) is 69.9 Å². The van der Waals surface area contributed by atoms with Gasteiger partial charge in [0.05, 0.1) is 6.54 Å². The molecule has 0 aromatic heterocycles. The molecule has 0 unspecified atom stereocenters. The van der Waals surface area contributed by atoms with Gasteiger partial charge in [0.25, 0.3) is 0 Å². The van der Waals surface area contributed by atoms with Crippen molar-refractivity contribution in [2.45, 2.75) is 26.2 Å². The van der Waals surface area contributed by atoms with Crippen LogP contribution < -0.4 is 5.73 Å². The van der Waals surface area contributed by atoms with Gasteiger partial charge in [-0.05, 0) is 25.9 Å². The van der Waals surface area contributed by atoms with Gasteiger partial charge in [0.15, 0.2) is 0 Å². The van der Waals surface area contributed by atoms with Gasteiger partial charge in [0, 0.05) is 40.7 Å². The fourth-order valence-corrected chi connectivity index (χ4v) is 1.82. The van der Waals surface area contributed by atoms with E-state index in [0.29, 0.717) is 32.6 Å². The van der Waals surface area contributed by atoms with Gasteiger partial charge in [-0.1, -0.05) is 6.92 Å². The highest BCUT2D eigenvalue weighted by Crippen LogP contribution is 1.99. The third-order valence-corrected chi connectivity index (χ3v) is 3.16. The van der Waals surface area contributed by atoms with Crippen molar-refractivity contribution in [3.05, 3.63) is 0 Å². The number of hydrogen-bond acceptors (Lipinski definition) is 4. The van der Waals surface area contributed by atoms with Crippen LogP contribution in [0, 0.1) is 0 Å². The molecular formula is C14H30N4O2. The highest BCUT2D eigenvalue weighted by molar-refractivity contribution is 5.78. The second-order valence-corrected chi connectivity index (χ2v) is 5.27. The van der Waals surface area contributed by atoms with Gasteiger partial charge in [0.1, 0.15) is 0 Å². The molecule has 0 saturated heterocycles. The lowest BCUT2D eigenvalue weighted by Gasteiger charge is -2.24.